The number of amides is 2. The quantitative estimate of drug-likeness (QED) is 0.814. The zero-order valence-corrected chi connectivity index (χ0v) is 15.4. The molecule has 2 aromatic rings. The molecule has 0 aliphatic carbocycles. The number of hydrogen-bond donors (Lipinski definition) is 2. The highest BCUT2D eigenvalue weighted by Gasteiger charge is 2.27. The van der Waals surface area contributed by atoms with Crippen LogP contribution in [0, 0.1) is 18.7 Å². The maximum atomic E-state index is 13.6. The first-order chi connectivity index (χ1) is 12.9. The Morgan fingerprint density at radius 2 is 1.81 bits per heavy atom. The fourth-order valence-corrected chi connectivity index (χ4v) is 3.23. The zero-order valence-electron chi connectivity index (χ0n) is 15.4. The van der Waals surface area contributed by atoms with E-state index < -0.39 is 0 Å². The highest BCUT2D eigenvalue weighted by molar-refractivity contribution is 5.94. The lowest BCUT2D eigenvalue weighted by Crippen LogP contribution is -2.42. The summed E-state index contributed by atoms with van der Waals surface area (Å²) >= 11 is 0. The number of carbonyl (C=O) groups excluding carboxylic acids is 2. The molecule has 1 heterocycles. The molecule has 142 valence electrons. The maximum Gasteiger partial charge on any atom is 0.253 e. The predicted molar refractivity (Wildman–Crippen MR) is 102 cm³/mol. The number of nitrogens with zero attached hydrogens (tertiary/aromatic N) is 1. The first kappa shape index (κ1) is 18.9. The highest BCUT2D eigenvalue weighted by atomic mass is 19.1. The van der Waals surface area contributed by atoms with Crippen LogP contribution in [0.25, 0.3) is 0 Å². The molecule has 0 radical (unpaired) electrons. The molecule has 1 aliphatic heterocycles. The van der Waals surface area contributed by atoms with Gasteiger partial charge in [-0.05, 0) is 61.2 Å². The van der Waals surface area contributed by atoms with Gasteiger partial charge in [0.2, 0.25) is 5.91 Å². The number of piperidine rings is 1. The summed E-state index contributed by atoms with van der Waals surface area (Å²) in [5, 5.41) is 2.87. The normalized spacial score (nSPS) is 14.8. The Kier molecular flexibility index (Phi) is 5.74. The topological polar surface area (TPSA) is 75.4 Å². The van der Waals surface area contributed by atoms with Crippen molar-refractivity contribution in [2.75, 3.05) is 18.8 Å². The van der Waals surface area contributed by atoms with Gasteiger partial charge in [0.25, 0.3) is 5.91 Å². The summed E-state index contributed by atoms with van der Waals surface area (Å²) in [5.74, 6) is -0.480. The molecule has 0 spiro atoms. The number of rotatable bonds is 4. The molecule has 0 bridgehead atoms. The Labute approximate surface area is 158 Å². The average molecular weight is 369 g/mol. The van der Waals surface area contributed by atoms with Gasteiger partial charge < -0.3 is 16.0 Å². The molecular weight excluding hydrogens is 345 g/mol. The minimum Gasteiger partial charge on any atom is -0.399 e. The average Bonchev–Trinajstić information content (AvgIpc) is 2.69. The van der Waals surface area contributed by atoms with Crippen molar-refractivity contribution in [1.82, 2.24) is 10.2 Å². The molecule has 0 unspecified atom stereocenters. The lowest BCUT2D eigenvalue weighted by Gasteiger charge is -2.31. The molecule has 0 atom stereocenters. The van der Waals surface area contributed by atoms with Crippen molar-refractivity contribution in [3.8, 4) is 0 Å². The number of halogens is 1. The van der Waals surface area contributed by atoms with Crippen LogP contribution in [0.15, 0.2) is 42.5 Å². The molecule has 6 heteroatoms. The molecule has 2 amide bonds. The van der Waals surface area contributed by atoms with Crippen LogP contribution in [0.1, 0.15) is 34.3 Å². The van der Waals surface area contributed by atoms with Crippen LogP contribution in [0.2, 0.25) is 0 Å². The molecule has 2 aromatic carbocycles. The van der Waals surface area contributed by atoms with E-state index in [2.05, 4.69) is 5.32 Å². The summed E-state index contributed by atoms with van der Waals surface area (Å²) in [7, 11) is 0. The fourth-order valence-electron chi connectivity index (χ4n) is 3.23. The molecule has 3 rings (SSSR count). The van der Waals surface area contributed by atoms with E-state index in [0.29, 0.717) is 49.3 Å². The third-order valence-electron chi connectivity index (χ3n) is 5.01. The number of benzene rings is 2. The Balaban J connectivity index is 1.49. The van der Waals surface area contributed by atoms with Gasteiger partial charge in [-0.3, -0.25) is 9.59 Å². The van der Waals surface area contributed by atoms with Gasteiger partial charge in [-0.15, -0.1) is 0 Å². The molecule has 5 nitrogen and oxygen atoms in total. The van der Waals surface area contributed by atoms with Gasteiger partial charge in [0.05, 0.1) is 0 Å². The van der Waals surface area contributed by atoms with E-state index >= 15 is 0 Å². The second-order valence-corrected chi connectivity index (χ2v) is 6.99. The Morgan fingerprint density at radius 3 is 2.44 bits per heavy atom. The molecule has 1 aliphatic rings. The number of aryl methyl sites for hydroxylation is 1. The summed E-state index contributed by atoms with van der Waals surface area (Å²) in [5.41, 5.74) is 8.20. The van der Waals surface area contributed by atoms with Crippen LogP contribution < -0.4 is 11.1 Å². The van der Waals surface area contributed by atoms with Gasteiger partial charge in [-0.1, -0.05) is 12.1 Å². The number of nitrogens with one attached hydrogen (secondary N) is 1. The molecule has 0 saturated carbocycles. The summed E-state index contributed by atoms with van der Waals surface area (Å²) in [6.07, 6.45) is 1.24. The first-order valence-corrected chi connectivity index (χ1v) is 9.11. The van der Waals surface area contributed by atoms with Crippen LogP contribution in [0.4, 0.5) is 10.1 Å². The van der Waals surface area contributed by atoms with Crippen molar-refractivity contribution in [3.63, 3.8) is 0 Å². The van der Waals surface area contributed by atoms with E-state index in [1.54, 1.807) is 42.2 Å². The van der Waals surface area contributed by atoms with Crippen molar-refractivity contribution >= 4 is 17.5 Å². The second-order valence-electron chi connectivity index (χ2n) is 6.99. The van der Waals surface area contributed by atoms with Crippen molar-refractivity contribution in [2.45, 2.75) is 26.3 Å². The number of likely N-dealkylation sites (tertiary alicyclic amines) is 1. The Morgan fingerprint density at radius 1 is 1.15 bits per heavy atom. The minimum absolute atomic E-state index is 0.0380. The van der Waals surface area contributed by atoms with Gasteiger partial charge in [-0.25, -0.2) is 4.39 Å². The number of nitrogens with two attached hydrogens (primary N) is 1. The summed E-state index contributed by atoms with van der Waals surface area (Å²) in [4.78, 5) is 26.7. The van der Waals surface area contributed by atoms with Gasteiger partial charge in [0.1, 0.15) is 5.82 Å². The van der Waals surface area contributed by atoms with Gasteiger partial charge >= 0.3 is 0 Å². The van der Waals surface area contributed by atoms with Crippen LogP contribution in [0.5, 0.6) is 0 Å². The predicted octanol–water partition coefficient (Wildman–Crippen LogP) is 2.88. The van der Waals surface area contributed by atoms with E-state index in [1.807, 2.05) is 6.07 Å². The van der Waals surface area contributed by atoms with Gasteiger partial charge in [0.15, 0.2) is 0 Å². The second kappa shape index (κ2) is 8.20. The number of nitrogen functional groups attached to an aromatic ring is 1. The zero-order chi connectivity index (χ0) is 19.4. The highest BCUT2D eigenvalue weighted by Crippen LogP contribution is 2.20. The van der Waals surface area contributed by atoms with E-state index in [1.165, 1.54) is 6.07 Å². The van der Waals surface area contributed by atoms with Crippen LogP contribution >= 0.6 is 0 Å². The van der Waals surface area contributed by atoms with Crippen molar-refractivity contribution < 1.29 is 14.0 Å². The van der Waals surface area contributed by atoms with E-state index in [9.17, 15) is 14.0 Å². The number of carbonyl (C=O) groups is 2. The molecular formula is C21H24FN3O2. The first-order valence-electron chi connectivity index (χ1n) is 9.11. The molecule has 1 saturated heterocycles. The number of anilines is 1. The van der Waals surface area contributed by atoms with Crippen molar-refractivity contribution in [1.29, 1.82) is 0 Å². The fraction of sp³-hybridized carbons (Fsp3) is 0.333. The minimum atomic E-state index is -0.267. The van der Waals surface area contributed by atoms with Crippen molar-refractivity contribution in [2.24, 2.45) is 5.92 Å². The van der Waals surface area contributed by atoms with Crippen LogP contribution in [-0.4, -0.2) is 29.8 Å². The van der Waals surface area contributed by atoms with Crippen LogP contribution in [0.3, 0.4) is 0 Å². The Bertz CT molecular complexity index is 828. The summed E-state index contributed by atoms with van der Waals surface area (Å²) in [6, 6.07) is 11.8. The maximum absolute atomic E-state index is 13.6. The Hall–Kier alpha value is -2.89. The molecule has 0 aromatic heterocycles. The largest absolute Gasteiger partial charge is 0.399 e. The molecule has 1 fully saturated rings. The molecule has 3 N–H and O–H groups in total. The van der Waals surface area contributed by atoms with E-state index in [0.717, 1.165) is 5.56 Å². The van der Waals surface area contributed by atoms with Gasteiger partial charge in [0, 0.05) is 36.8 Å². The summed E-state index contributed by atoms with van der Waals surface area (Å²) < 4.78 is 13.6. The lowest BCUT2D eigenvalue weighted by atomic mass is 9.95. The standard InChI is InChI=1S/C21H24FN3O2/c1-14-2-3-15(12-19(14)22)13-24-20(26)16-8-10-25(11-9-16)21(27)17-4-6-18(23)7-5-17/h2-7,12,16H,8-11,13,23H2,1H3,(H,24,26). The third-order valence-corrected chi connectivity index (χ3v) is 5.01. The van der Waals surface area contributed by atoms with E-state index in [4.69, 9.17) is 5.73 Å². The number of hydrogen-bond acceptors (Lipinski definition) is 3. The van der Waals surface area contributed by atoms with E-state index in [-0.39, 0.29) is 23.5 Å². The van der Waals surface area contributed by atoms with Crippen molar-refractivity contribution in [3.05, 3.63) is 65.0 Å². The SMILES string of the molecule is Cc1ccc(CNC(=O)C2CCN(C(=O)c3ccc(N)cc3)CC2)cc1F. The lowest BCUT2D eigenvalue weighted by molar-refractivity contribution is -0.126. The monoisotopic (exact) mass is 369 g/mol. The van der Waals surface area contributed by atoms with Gasteiger partial charge in [-0.2, -0.15) is 0 Å². The molecule has 27 heavy (non-hydrogen) atoms. The smallest absolute Gasteiger partial charge is 0.253 e. The summed E-state index contributed by atoms with van der Waals surface area (Å²) in [6.45, 7) is 3.10. The van der Waals surface area contributed by atoms with Crippen LogP contribution in [-0.2, 0) is 11.3 Å². The third kappa shape index (κ3) is 4.64.